The average Bonchev–Trinajstić information content (AvgIpc) is 3.16. The molecule has 3 aromatic heterocycles. The van der Waals surface area contributed by atoms with Crippen LogP contribution in [0, 0.1) is 0 Å². The van der Waals surface area contributed by atoms with Crippen LogP contribution in [0.2, 0.25) is 0 Å². The fourth-order valence-electron chi connectivity index (χ4n) is 3.14. The summed E-state index contributed by atoms with van der Waals surface area (Å²) in [6.07, 6.45) is 3.02. The number of aromatic nitrogens is 4. The monoisotopic (exact) mass is 423 g/mol. The number of fused-ring (bicyclic) bond motifs is 1. The van der Waals surface area contributed by atoms with E-state index in [-0.39, 0.29) is 13.0 Å². The molecule has 0 fully saturated rings. The van der Waals surface area contributed by atoms with E-state index in [4.69, 9.17) is 5.73 Å². The van der Waals surface area contributed by atoms with Gasteiger partial charge in [0.05, 0.1) is 29.7 Å². The molecule has 0 amide bonds. The molecule has 0 aliphatic carbocycles. The molecule has 1 atom stereocenters. The highest BCUT2D eigenvalue weighted by atomic mass is 32.2. The minimum Gasteiger partial charge on any atom is -0.390 e. The van der Waals surface area contributed by atoms with Crippen LogP contribution in [0.1, 0.15) is 11.4 Å². The third kappa shape index (κ3) is 4.09. The van der Waals surface area contributed by atoms with Crippen LogP contribution in [-0.4, -0.2) is 44.9 Å². The Balaban J connectivity index is 1.73. The third-order valence-electron chi connectivity index (χ3n) is 4.80. The van der Waals surface area contributed by atoms with Crippen LogP contribution in [0.15, 0.2) is 60.8 Å². The molecule has 0 aliphatic heterocycles. The molecule has 4 aromatic rings. The summed E-state index contributed by atoms with van der Waals surface area (Å²) in [5.74, 6) is 0.606. The van der Waals surface area contributed by atoms with Crippen molar-refractivity contribution in [3.8, 4) is 17.1 Å². The van der Waals surface area contributed by atoms with Crippen LogP contribution in [-0.2, 0) is 22.9 Å². The van der Waals surface area contributed by atoms with Crippen LogP contribution in [0.25, 0.3) is 28.0 Å². The smallest absolute Gasteiger partial charge is 0.163 e. The van der Waals surface area contributed by atoms with E-state index in [2.05, 4.69) is 15.1 Å². The molecule has 9 heteroatoms. The Hall–Kier alpha value is -3.14. The van der Waals surface area contributed by atoms with E-state index < -0.39 is 15.2 Å². The first-order valence-electron chi connectivity index (χ1n) is 9.31. The standard InChI is InChI=1S/C21H21N5O3S/c1-30(28,29)20(22)11-16-4-2-6-18(24-16)14-8-9-15-12-23-26(19(15)10-14)21-7-3-5-17(13-27)25-21/h2-10,12,20,27H,11,13,22H2,1H3/t20-/m1/s1. The van der Waals surface area contributed by atoms with Crippen molar-refractivity contribution >= 4 is 20.7 Å². The van der Waals surface area contributed by atoms with Gasteiger partial charge in [0.1, 0.15) is 5.37 Å². The maximum Gasteiger partial charge on any atom is 0.163 e. The SMILES string of the molecule is CS(=O)(=O)[C@@H](N)Cc1cccc(-c2ccc3cnn(-c4cccc(CO)n4)c3c2)n1. The minimum atomic E-state index is -3.34. The van der Waals surface area contributed by atoms with E-state index in [0.29, 0.717) is 22.9 Å². The average molecular weight is 423 g/mol. The number of benzene rings is 1. The summed E-state index contributed by atoms with van der Waals surface area (Å²) in [5, 5.41) is 13.7. The first kappa shape index (κ1) is 20.1. The molecule has 8 nitrogen and oxygen atoms in total. The Morgan fingerprint density at radius 1 is 1.07 bits per heavy atom. The molecule has 1 aromatic carbocycles. The number of nitrogens with two attached hydrogens (primary N) is 1. The van der Waals surface area contributed by atoms with Crippen molar-refractivity contribution in [2.24, 2.45) is 5.73 Å². The van der Waals surface area contributed by atoms with E-state index in [0.717, 1.165) is 22.7 Å². The fraction of sp³-hybridized carbons (Fsp3) is 0.190. The van der Waals surface area contributed by atoms with Gasteiger partial charge in [0.2, 0.25) is 0 Å². The number of hydrogen-bond donors (Lipinski definition) is 2. The van der Waals surface area contributed by atoms with Gasteiger partial charge < -0.3 is 10.8 Å². The van der Waals surface area contributed by atoms with Crippen molar-refractivity contribution in [3.05, 3.63) is 72.2 Å². The lowest BCUT2D eigenvalue weighted by Crippen LogP contribution is -2.32. The van der Waals surface area contributed by atoms with Crippen molar-refractivity contribution < 1.29 is 13.5 Å². The Kier molecular flexibility index (Phi) is 5.33. The third-order valence-corrected chi connectivity index (χ3v) is 6.07. The molecule has 4 rings (SSSR count). The van der Waals surface area contributed by atoms with Gasteiger partial charge in [-0.25, -0.2) is 18.1 Å². The topological polar surface area (TPSA) is 124 Å². The summed E-state index contributed by atoms with van der Waals surface area (Å²) in [6.45, 7) is -0.148. The number of pyridine rings is 2. The molecule has 0 unspecified atom stereocenters. The molecule has 0 saturated carbocycles. The molecule has 3 N–H and O–H groups in total. The van der Waals surface area contributed by atoms with E-state index >= 15 is 0 Å². The highest BCUT2D eigenvalue weighted by Gasteiger charge is 2.17. The zero-order valence-corrected chi connectivity index (χ0v) is 17.1. The minimum absolute atomic E-state index is 0.144. The van der Waals surface area contributed by atoms with Crippen LogP contribution >= 0.6 is 0 Å². The molecule has 0 saturated heterocycles. The zero-order chi connectivity index (χ0) is 21.3. The number of rotatable bonds is 6. The second kappa shape index (κ2) is 7.94. The quantitative estimate of drug-likeness (QED) is 0.485. The Morgan fingerprint density at radius 3 is 2.60 bits per heavy atom. The number of hydrogen-bond acceptors (Lipinski definition) is 7. The van der Waals surface area contributed by atoms with E-state index in [9.17, 15) is 13.5 Å². The zero-order valence-electron chi connectivity index (χ0n) is 16.3. The Bertz CT molecular complexity index is 1320. The van der Waals surface area contributed by atoms with Crippen molar-refractivity contribution in [1.29, 1.82) is 0 Å². The van der Waals surface area contributed by atoms with Gasteiger partial charge in [-0.3, -0.25) is 4.98 Å². The first-order valence-corrected chi connectivity index (χ1v) is 11.3. The van der Waals surface area contributed by atoms with Crippen LogP contribution in [0.5, 0.6) is 0 Å². The molecule has 0 aliphatic rings. The van der Waals surface area contributed by atoms with Gasteiger partial charge in [0.25, 0.3) is 0 Å². The lowest BCUT2D eigenvalue weighted by molar-refractivity contribution is 0.276. The Morgan fingerprint density at radius 2 is 1.83 bits per heavy atom. The highest BCUT2D eigenvalue weighted by Crippen LogP contribution is 2.25. The predicted octanol–water partition coefficient (Wildman–Crippen LogP) is 1.85. The van der Waals surface area contributed by atoms with Crippen molar-refractivity contribution in [1.82, 2.24) is 19.7 Å². The summed E-state index contributed by atoms with van der Waals surface area (Å²) < 4.78 is 25.0. The van der Waals surface area contributed by atoms with Crippen molar-refractivity contribution in [2.45, 2.75) is 18.4 Å². The van der Waals surface area contributed by atoms with E-state index in [1.165, 1.54) is 0 Å². The summed E-state index contributed by atoms with van der Waals surface area (Å²) in [7, 11) is -3.34. The van der Waals surface area contributed by atoms with Gasteiger partial charge >= 0.3 is 0 Å². The maximum absolute atomic E-state index is 11.6. The molecule has 0 bridgehead atoms. The van der Waals surface area contributed by atoms with Gasteiger partial charge in [-0.15, -0.1) is 0 Å². The summed E-state index contributed by atoms with van der Waals surface area (Å²) in [6, 6.07) is 16.7. The summed E-state index contributed by atoms with van der Waals surface area (Å²) >= 11 is 0. The molecule has 0 radical (unpaired) electrons. The number of aliphatic hydroxyl groups excluding tert-OH is 1. The van der Waals surface area contributed by atoms with E-state index in [1.807, 2.05) is 42.5 Å². The highest BCUT2D eigenvalue weighted by molar-refractivity contribution is 7.91. The largest absolute Gasteiger partial charge is 0.390 e. The van der Waals surface area contributed by atoms with Gasteiger partial charge in [-0.2, -0.15) is 5.10 Å². The van der Waals surface area contributed by atoms with Crippen LogP contribution in [0.3, 0.4) is 0 Å². The molecular formula is C21H21N5O3S. The van der Waals surface area contributed by atoms with Crippen molar-refractivity contribution in [2.75, 3.05) is 6.26 Å². The second-order valence-corrected chi connectivity index (χ2v) is 9.33. The second-order valence-electron chi connectivity index (χ2n) is 7.06. The lowest BCUT2D eigenvalue weighted by Gasteiger charge is -2.10. The number of nitrogens with zero attached hydrogens (tertiary/aromatic N) is 4. The Labute approximate surface area is 173 Å². The summed E-state index contributed by atoms with van der Waals surface area (Å²) in [4.78, 5) is 9.01. The molecular weight excluding hydrogens is 402 g/mol. The molecule has 30 heavy (non-hydrogen) atoms. The fourth-order valence-corrected chi connectivity index (χ4v) is 3.62. The lowest BCUT2D eigenvalue weighted by atomic mass is 10.1. The molecule has 3 heterocycles. The van der Waals surface area contributed by atoms with Crippen LogP contribution in [0.4, 0.5) is 0 Å². The van der Waals surface area contributed by atoms with Crippen LogP contribution < -0.4 is 5.73 Å². The van der Waals surface area contributed by atoms with Gasteiger partial charge in [-0.1, -0.05) is 24.3 Å². The van der Waals surface area contributed by atoms with Gasteiger partial charge in [0.15, 0.2) is 15.7 Å². The first-order chi connectivity index (χ1) is 14.3. The maximum atomic E-state index is 11.6. The van der Waals surface area contributed by atoms with Crippen molar-refractivity contribution in [3.63, 3.8) is 0 Å². The predicted molar refractivity (Wildman–Crippen MR) is 115 cm³/mol. The normalized spacial score (nSPS) is 12.9. The molecule has 154 valence electrons. The van der Waals surface area contributed by atoms with Gasteiger partial charge in [0, 0.05) is 29.3 Å². The molecule has 0 spiro atoms. The van der Waals surface area contributed by atoms with Gasteiger partial charge in [-0.05, 0) is 30.3 Å². The van der Waals surface area contributed by atoms with E-state index in [1.54, 1.807) is 23.0 Å². The number of sulfone groups is 1. The summed E-state index contributed by atoms with van der Waals surface area (Å²) in [5.41, 5.74) is 9.35. The number of aliphatic hydroxyl groups is 1.